The average molecular weight is 307 g/mol. The maximum atomic E-state index is 6.39. The van der Waals surface area contributed by atoms with Crippen LogP contribution >= 0.6 is 11.6 Å². The zero-order valence-corrected chi connectivity index (χ0v) is 13.8. The lowest BCUT2D eigenvalue weighted by Crippen LogP contribution is -2.30. The fourth-order valence-corrected chi connectivity index (χ4v) is 2.95. The summed E-state index contributed by atoms with van der Waals surface area (Å²) in [5, 5.41) is 5.20. The standard InChI is InChI=1S/C16H23ClN4/c1-5-21-15(16(17)12(4)20-21)9-14(19-18)13-7-10(2)6-11(3)8-13/h6-8,14,19H,5,9,18H2,1-4H3. The molecule has 0 aliphatic heterocycles. The van der Waals surface area contributed by atoms with Crippen LogP contribution in [0.5, 0.6) is 0 Å². The van der Waals surface area contributed by atoms with Gasteiger partial charge in [0.1, 0.15) is 0 Å². The molecule has 0 fully saturated rings. The molecule has 1 aromatic heterocycles. The highest BCUT2D eigenvalue weighted by Gasteiger charge is 2.19. The molecule has 4 nitrogen and oxygen atoms in total. The van der Waals surface area contributed by atoms with Gasteiger partial charge in [0.2, 0.25) is 0 Å². The maximum absolute atomic E-state index is 6.39. The summed E-state index contributed by atoms with van der Waals surface area (Å²) in [6.45, 7) is 8.98. The van der Waals surface area contributed by atoms with Crippen LogP contribution in [0.25, 0.3) is 0 Å². The second-order valence-corrected chi connectivity index (χ2v) is 5.88. The molecule has 1 atom stereocenters. The van der Waals surface area contributed by atoms with Gasteiger partial charge in [-0.1, -0.05) is 40.9 Å². The van der Waals surface area contributed by atoms with Crippen molar-refractivity contribution >= 4 is 11.6 Å². The first-order valence-electron chi connectivity index (χ1n) is 7.22. The van der Waals surface area contributed by atoms with Crippen LogP contribution in [0.15, 0.2) is 18.2 Å². The third-order valence-electron chi connectivity index (χ3n) is 3.70. The quantitative estimate of drug-likeness (QED) is 0.658. The van der Waals surface area contributed by atoms with E-state index in [0.29, 0.717) is 6.42 Å². The first-order chi connectivity index (χ1) is 9.96. The van der Waals surface area contributed by atoms with E-state index in [9.17, 15) is 0 Å². The number of benzene rings is 1. The van der Waals surface area contributed by atoms with Crippen molar-refractivity contribution < 1.29 is 0 Å². The van der Waals surface area contributed by atoms with Crippen LogP contribution in [0.3, 0.4) is 0 Å². The Morgan fingerprint density at radius 1 is 1.24 bits per heavy atom. The highest BCUT2D eigenvalue weighted by molar-refractivity contribution is 6.31. The molecule has 2 rings (SSSR count). The summed E-state index contributed by atoms with van der Waals surface area (Å²) >= 11 is 6.39. The van der Waals surface area contributed by atoms with Gasteiger partial charge in [-0.05, 0) is 33.3 Å². The minimum atomic E-state index is 0.0162. The SMILES string of the molecule is CCn1nc(C)c(Cl)c1CC(NN)c1cc(C)cc(C)c1. The Bertz CT molecular complexity index is 613. The molecule has 3 N–H and O–H groups in total. The Hall–Kier alpha value is -1.36. The number of nitrogens with one attached hydrogen (secondary N) is 1. The molecule has 0 amide bonds. The smallest absolute Gasteiger partial charge is 0.0847 e. The molecule has 1 unspecified atom stereocenters. The molecule has 0 radical (unpaired) electrons. The van der Waals surface area contributed by atoms with Crippen LogP contribution in [-0.2, 0) is 13.0 Å². The van der Waals surface area contributed by atoms with E-state index in [1.165, 1.54) is 16.7 Å². The number of hydrogen-bond acceptors (Lipinski definition) is 3. The van der Waals surface area contributed by atoms with Gasteiger partial charge < -0.3 is 0 Å². The van der Waals surface area contributed by atoms with Gasteiger partial charge in [-0.3, -0.25) is 16.0 Å². The van der Waals surface area contributed by atoms with Crippen molar-refractivity contribution in [1.29, 1.82) is 0 Å². The summed E-state index contributed by atoms with van der Waals surface area (Å²) in [6, 6.07) is 6.49. The largest absolute Gasteiger partial charge is 0.271 e. The van der Waals surface area contributed by atoms with Gasteiger partial charge in [-0.2, -0.15) is 5.10 Å². The summed E-state index contributed by atoms with van der Waals surface area (Å²) in [7, 11) is 0. The van der Waals surface area contributed by atoms with Crippen LogP contribution in [-0.4, -0.2) is 9.78 Å². The van der Waals surface area contributed by atoms with E-state index in [1.54, 1.807) is 0 Å². The van der Waals surface area contributed by atoms with E-state index in [0.717, 1.165) is 23.0 Å². The Kier molecular flexibility index (Phi) is 5.04. The lowest BCUT2D eigenvalue weighted by molar-refractivity contribution is 0.516. The molecule has 0 saturated carbocycles. The average Bonchev–Trinajstić information content (AvgIpc) is 2.70. The minimum Gasteiger partial charge on any atom is -0.271 e. The van der Waals surface area contributed by atoms with Gasteiger partial charge >= 0.3 is 0 Å². The fraction of sp³-hybridized carbons (Fsp3) is 0.438. The minimum absolute atomic E-state index is 0.0162. The Morgan fingerprint density at radius 2 is 1.86 bits per heavy atom. The molecule has 0 bridgehead atoms. The molecule has 5 heteroatoms. The molecular weight excluding hydrogens is 284 g/mol. The number of nitrogens with two attached hydrogens (primary N) is 1. The van der Waals surface area contributed by atoms with E-state index >= 15 is 0 Å². The lowest BCUT2D eigenvalue weighted by Gasteiger charge is -2.18. The number of halogens is 1. The lowest BCUT2D eigenvalue weighted by atomic mass is 9.98. The number of aryl methyl sites for hydroxylation is 4. The van der Waals surface area contributed by atoms with Gasteiger partial charge in [-0.25, -0.2) is 0 Å². The molecular formula is C16H23ClN4. The number of aromatic nitrogens is 2. The second-order valence-electron chi connectivity index (χ2n) is 5.51. The predicted octanol–water partition coefficient (Wildman–Crippen LogP) is 3.23. The number of hydrogen-bond donors (Lipinski definition) is 2. The third kappa shape index (κ3) is 3.46. The Balaban J connectivity index is 2.35. The molecule has 0 saturated heterocycles. The summed E-state index contributed by atoms with van der Waals surface area (Å²) < 4.78 is 1.95. The van der Waals surface area contributed by atoms with Crippen molar-refractivity contribution in [3.8, 4) is 0 Å². The first-order valence-corrected chi connectivity index (χ1v) is 7.60. The fourth-order valence-electron chi connectivity index (χ4n) is 2.74. The molecule has 114 valence electrons. The van der Waals surface area contributed by atoms with Crippen LogP contribution in [0.1, 0.15) is 41.0 Å². The van der Waals surface area contributed by atoms with Crippen molar-refractivity contribution in [3.63, 3.8) is 0 Å². The van der Waals surface area contributed by atoms with E-state index in [4.69, 9.17) is 17.4 Å². The molecule has 0 spiro atoms. The van der Waals surface area contributed by atoms with Crippen molar-refractivity contribution in [2.24, 2.45) is 5.84 Å². The predicted molar refractivity (Wildman–Crippen MR) is 87.3 cm³/mol. The normalized spacial score (nSPS) is 12.7. The molecule has 21 heavy (non-hydrogen) atoms. The molecule has 0 aliphatic rings. The van der Waals surface area contributed by atoms with Crippen molar-refractivity contribution in [2.45, 2.75) is 46.7 Å². The zero-order chi connectivity index (χ0) is 15.6. The maximum Gasteiger partial charge on any atom is 0.0847 e. The van der Waals surface area contributed by atoms with Gasteiger partial charge in [0.25, 0.3) is 0 Å². The van der Waals surface area contributed by atoms with E-state index in [1.807, 2.05) is 11.6 Å². The van der Waals surface area contributed by atoms with Gasteiger partial charge in [-0.15, -0.1) is 0 Å². The molecule has 1 aromatic carbocycles. The van der Waals surface area contributed by atoms with Crippen molar-refractivity contribution in [3.05, 3.63) is 51.3 Å². The molecule has 2 aromatic rings. The van der Waals surface area contributed by atoms with E-state index < -0.39 is 0 Å². The summed E-state index contributed by atoms with van der Waals surface area (Å²) in [5.74, 6) is 5.78. The highest BCUT2D eigenvalue weighted by Crippen LogP contribution is 2.26. The topological polar surface area (TPSA) is 55.9 Å². The van der Waals surface area contributed by atoms with Gasteiger partial charge in [0.05, 0.1) is 22.5 Å². The number of rotatable bonds is 5. The van der Waals surface area contributed by atoms with Crippen LogP contribution in [0, 0.1) is 20.8 Å². The summed E-state index contributed by atoms with van der Waals surface area (Å²) in [6.07, 6.45) is 0.715. The molecule has 0 aliphatic carbocycles. The third-order valence-corrected chi connectivity index (χ3v) is 4.19. The van der Waals surface area contributed by atoms with Crippen molar-refractivity contribution in [2.75, 3.05) is 0 Å². The second kappa shape index (κ2) is 6.60. The van der Waals surface area contributed by atoms with E-state index in [-0.39, 0.29) is 6.04 Å². The number of hydrazine groups is 1. The zero-order valence-electron chi connectivity index (χ0n) is 13.1. The Labute approximate surface area is 131 Å². The van der Waals surface area contributed by atoms with Gasteiger partial charge in [0, 0.05) is 13.0 Å². The summed E-state index contributed by atoms with van der Waals surface area (Å²) in [5.41, 5.74) is 8.44. The highest BCUT2D eigenvalue weighted by atomic mass is 35.5. The number of nitrogens with zero attached hydrogens (tertiary/aromatic N) is 2. The van der Waals surface area contributed by atoms with E-state index in [2.05, 4.69) is 49.5 Å². The van der Waals surface area contributed by atoms with Crippen molar-refractivity contribution in [1.82, 2.24) is 15.2 Å². The molecule has 1 heterocycles. The van der Waals surface area contributed by atoms with Gasteiger partial charge in [0.15, 0.2) is 0 Å². The summed E-state index contributed by atoms with van der Waals surface area (Å²) in [4.78, 5) is 0. The van der Waals surface area contributed by atoms with Crippen LogP contribution in [0.2, 0.25) is 5.02 Å². The Morgan fingerprint density at radius 3 is 2.38 bits per heavy atom. The monoisotopic (exact) mass is 306 g/mol. The van der Waals surface area contributed by atoms with Crippen LogP contribution < -0.4 is 11.3 Å². The first kappa shape index (κ1) is 16.0. The van der Waals surface area contributed by atoms with Crippen LogP contribution in [0.4, 0.5) is 0 Å².